The molecule has 1 rings (SSSR count). The van der Waals surface area contributed by atoms with E-state index in [0.29, 0.717) is 5.92 Å². The zero-order valence-electron chi connectivity index (χ0n) is 11.1. The van der Waals surface area contributed by atoms with Crippen LogP contribution < -0.4 is 10.6 Å². The SMILES string of the molecule is CCC(Nc1ncnc(NC)c1[N+](=O)[O-])C(C)C. The monoisotopic (exact) mass is 253 g/mol. The molecule has 1 atom stereocenters. The molecule has 0 saturated heterocycles. The van der Waals surface area contributed by atoms with E-state index in [4.69, 9.17) is 0 Å². The summed E-state index contributed by atoms with van der Waals surface area (Å²) >= 11 is 0. The largest absolute Gasteiger partial charge is 0.367 e. The first-order chi connectivity index (χ1) is 8.51. The Balaban J connectivity index is 3.12. The highest BCUT2D eigenvalue weighted by Crippen LogP contribution is 2.29. The Kier molecular flexibility index (Phi) is 4.82. The summed E-state index contributed by atoms with van der Waals surface area (Å²) in [5.41, 5.74) is -0.112. The second-order valence-electron chi connectivity index (χ2n) is 4.33. The lowest BCUT2D eigenvalue weighted by Gasteiger charge is -2.21. The molecule has 0 aromatic carbocycles. The standard InChI is InChI=1S/C11H19N5O2/c1-5-8(7(2)3)15-11-9(16(17)18)10(12-4)13-6-14-11/h6-8H,5H2,1-4H3,(H2,12,13,14,15). The fourth-order valence-corrected chi connectivity index (χ4v) is 1.76. The van der Waals surface area contributed by atoms with Gasteiger partial charge in [0.2, 0.25) is 11.6 Å². The molecule has 0 saturated carbocycles. The Morgan fingerprint density at radius 2 is 2.00 bits per heavy atom. The van der Waals surface area contributed by atoms with Gasteiger partial charge in [-0.05, 0) is 12.3 Å². The first kappa shape index (κ1) is 14.1. The number of nitrogens with zero attached hydrogens (tertiary/aromatic N) is 3. The second kappa shape index (κ2) is 6.13. The smallest absolute Gasteiger partial charge is 0.353 e. The fraction of sp³-hybridized carbons (Fsp3) is 0.636. The maximum Gasteiger partial charge on any atom is 0.353 e. The molecule has 0 radical (unpaired) electrons. The number of anilines is 2. The molecule has 1 unspecified atom stereocenters. The molecule has 0 amide bonds. The molecule has 2 N–H and O–H groups in total. The van der Waals surface area contributed by atoms with Crippen LogP contribution in [0.4, 0.5) is 17.3 Å². The average molecular weight is 253 g/mol. The molecule has 1 heterocycles. The zero-order valence-corrected chi connectivity index (χ0v) is 11.1. The number of aromatic nitrogens is 2. The minimum Gasteiger partial charge on any atom is -0.367 e. The van der Waals surface area contributed by atoms with Gasteiger partial charge in [-0.3, -0.25) is 10.1 Å². The molecule has 0 aliphatic heterocycles. The van der Waals surface area contributed by atoms with Crippen molar-refractivity contribution in [1.82, 2.24) is 9.97 Å². The van der Waals surface area contributed by atoms with E-state index < -0.39 is 4.92 Å². The molecular weight excluding hydrogens is 234 g/mol. The van der Waals surface area contributed by atoms with Gasteiger partial charge in [0.1, 0.15) is 6.33 Å². The third-order valence-electron chi connectivity index (χ3n) is 2.81. The van der Waals surface area contributed by atoms with E-state index >= 15 is 0 Å². The summed E-state index contributed by atoms with van der Waals surface area (Å²) in [7, 11) is 1.60. The lowest BCUT2D eigenvalue weighted by Crippen LogP contribution is -2.26. The van der Waals surface area contributed by atoms with Crippen LogP contribution in [-0.2, 0) is 0 Å². The quantitative estimate of drug-likeness (QED) is 0.596. The van der Waals surface area contributed by atoms with E-state index in [-0.39, 0.29) is 23.4 Å². The van der Waals surface area contributed by atoms with Gasteiger partial charge < -0.3 is 10.6 Å². The average Bonchev–Trinajstić information content (AvgIpc) is 2.34. The highest BCUT2D eigenvalue weighted by molar-refractivity contribution is 5.69. The van der Waals surface area contributed by atoms with Crippen LogP contribution in [-0.4, -0.2) is 28.0 Å². The molecule has 0 bridgehead atoms. The molecule has 18 heavy (non-hydrogen) atoms. The van der Waals surface area contributed by atoms with Crippen molar-refractivity contribution >= 4 is 17.3 Å². The lowest BCUT2D eigenvalue weighted by atomic mass is 10.0. The Bertz CT molecular complexity index is 422. The maximum atomic E-state index is 11.1. The van der Waals surface area contributed by atoms with Crippen LogP contribution >= 0.6 is 0 Å². The van der Waals surface area contributed by atoms with E-state index in [9.17, 15) is 10.1 Å². The van der Waals surface area contributed by atoms with Crippen molar-refractivity contribution in [2.45, 2.75) is 33.2 Å². The van der Waals surface area contributed by atoms with Gasteiger partial charge in [0, 0.05) is 13.1 Å². The maximum absolute atomic E-state index is 11.1. The zero-order chi connectivity index (χ0) is 13.7. The Morgan fingerprint density at radius 3 is 2.44 bits per heavy atom. The first-order valence-electron chi connectivity index (χ1n) is 5.94. The van der Waals surface area contributed by atoms with Crippen molar-refractivity contribution < 1.29 is 4.92 Å². The third kappa shape index (κ3) is 3.06. The summed E-state index contributed by atoms with van der Waals surface area (Å²) in [6, 6.07) is 0.142. The van der Waals surface area contributed by atoms with Gasteiger partial charge in [0.05, 0.1) is 4.92 Å². The summed E-state index contributed by atoms with van der Waals surface area (Å²) in [6.07, 6.45) is 2.18. The summed E-state index contributed by atoms with van der Waals surface area (Å²) in [6.45, 7) is 6.16. The van der Waals surface area contributed by atoms with Gasteiger partial charge in [-0.1, -0.05) is 20.8 Å². The van der Waals surface area contributed by atoms with Gasteiger partial charge in [-0.25, -0.2) is 9.97 Å². The Hall–Kier alpha value is -1.92. The van der Waals surface area contributed by atoms with Crippen LogP contribution in [0, 0.1) is 16.0 Å². The van der Waals surface area contributed by atoms with Gasteiger partial charge in [0.15, 0.2) is 0 Å². The van der Waals surface area contributed by atoms with Gasteiger partial charge in [-0.2, -0.15) is 0 Å². The van der Waals surface area contributed by atoms with Crippen LogP contribution in [0.3, 0.4) is 0 Å². The minimum atomic E-state index is -0.471. The fourth-order valence-electron chi connectivity index (χ4n) is 1.76. The molecule has 100 valence electrons. The highest BCUT2D eigenvalue weighted by atomic mass is 16.6. The Labute approximate surface area is 106 Å². The summed E-state index contributed by atoms with van der Waals surface area (Å²) < 4.78 is 0. The number of nitro groups is 1. The number of rotatable bonds is 6. The van der Waals surface area contributed by atoms with E-state index in [1.54, 1.807) is 7.05 Å². The normalized spacial score (nSPS) is 12.3. The van der Waals surface area contributed by atoms with Crippen LogP contribution in [0.15, 0.2) is 6.33 Å². The minimum absolute atomic E-state index is 0.112. The lowest BCUT2D eigenvalue weighted by molar-refractivity contribution is -0.383. The van der Waals surface area contributed by atoms with E-state index in [1.807, 2.05) is 6.92 Å². The van der Waals surface area contributed by atoms with Crippen LogP contribution in [0.5, 0.6) is 0 Å². The molecular formula is C11H19N5O2. The van der Waals surface area contributed by atoms with Crippen molar-refractivity contribution in [2.24, 2.45) is 5.92 Å². The Morgan fingerprint density at radius 1 is 1.39 bits per heavy atom. The molecule has 7 nitrogen and oxygen atoms in total. The first-order valence-corrected chi connectivity index (χ1v) is 5.94. The summed E-state index contributed by atoms with van der Waals surface area (Å²) in [5.74, 6) is 0.846. The molecule has 1 aromatic heterocycles. The topological polar surface area (TPSA) is 93.0 Å². The number of hydrogen-bond acceptors (Lipinski definition) is 6. The van der Waals surface area contributed by atoms with Crippen LogP contribution in [0.1, 0.15) is 27.2 Å². The summed E-state index contributed by atoms with van der Waals surface area (Å²) in [4.78, 5) is 18.4. The van der Waals surface area contributed by atoms with Crippen molar-refractivity contribution in [3.63, 3.8) is 0 Å². The van der Waals surface area contributed by atoms with Crippen molar-refractivity contribution in [1.29, 1.82) is 0 Å². The molecule has 0 aliphatic carbocycles. The van der Waals surface area contributed by atoms with Crippen LogP contribution in [0.2, 0.25) is 0 Å². The van der Waals surface area contributed by atoms with E-state index in [0.717, 1.165) is 6.42 Å². The molecule has 1 aromatic rings. The molecule has 0 fully saturated rings. The van der Waals surface area contributed by atoms with Crippen molar-refractivity contribution in [3.8, 4) is 0 Å². The number of hydrogen-bond donors (Lipinski definition) is 2. The van der Waals surface area contributed by atoms with Gasteiger partial charge >= 0.3 is 5.69 Å². The van der Waals surface area contributed by atoms with Crippen LogP contribution in [0.25, 0.3) is 0 Å². The summed E-state index contributed by atoms with van der Waals surface area (Å²) in [5, 5.41) is 16.9. The predicted octanol–water partition coefficient (Wildman–Crippen LogP) is 2.27. The molecule has 0 spiro atoms. The third-order valence-corrected chi connectivity index (χ3v) is 2.81. The van der Waals surface area contributed by atoms with Gasteiger partial charge in [0.25, 0.3) is 0 Å². The second-order valence-corrected chi connectivity index (χ2v) is 4.33. The highest BCUT2D eigenvalue weighted by Gasteiger charge is 2.24. The van der Waals surface area contributed by atoms with Gasteiger partial charge in [-0.15, -0.1) is 0 Å². The molecule has 7 heteroatoms. The predicted molar refractivity (Wildman–Crippen MR) is 70.8 cm³/mol. The van der Waals surface area contributed by atoms with E-state index in [2.05, 4.69) is 34.4 Å². The molecule has 0 aliphatic rings. The number of nitrogens with one attached hydrogen (secondary N) is 2. The van der Waals surface area contributed by atoms with Crippen molar-refractivity contribution in [3.05, 3.63) is 16.4 Å². The van der Waals surface area contributed by atoms with Crippen molar-refractivity contribution in [2.75, 3.05) is 17.7 Å². The van der Waals surface area contributed by atoms with E-state index in [1.165, 1.54) is 6.33 Å².